The second-order valence-corrected chi connectivity index (χ2v) is 5.17. The third-order valence-corrected chi connectivity index (χ3v) is 3.73. The first-order valence-corrected chi connectivity index (χ1v) is 6.15. The summed E-state index contributed by atoms with van der Waals surface area (Å²) in [4.78, 5) is 4.43. The Bertz CT molecular complexity index is 433. The molecule has 2 aliphatic rings. The van der Waals surface area contributed by atoms with Crippen molar-refractivity contribution in [3.8, 4) is 0 Å². The van der Waals surface area contributed by atoms with Crippen LogP contribution in [0.1, 0.15) is 6.42 Å². The molecule has 0 aromatic heterocycles. The van der Waals surface area contributed by atoms with Crippen LogP contribution < -0.4 is 15.1 Å². The quantitative estimate of drug-likeness (QED) is 0.762. The van der Waals surface area contributed by atoms with Crippen LogP contribution in [-0.4, -0.2) is 44.4 Å². The van der Waals surface area contributed by atoms with E-state index in [1.165, 1.54) is 17.1 Å². The third kappa shape index (κ3) is 1.72. The Labute approximate surface area is 102 Å². The van der Waals surface area contributed by atoms with Gasteiger partial charge in [-0.2, -0.15) is 0 Å². The van der Waals surface area contributed by atoms with Gasteiger partial charge in [0.05, 0.1) is 17.5 Å². The Morgan fingerprint density at radius 3 is 3.00 bits per heavy atom. The summed E-state index contributed by atoms with van der Waals surface area (Å²) in [5.41, 5.74) is 3.61. The normalized spacial score (nSPS) is 26.2. The highest BCUT2D eigenvalue weighted by Gasteiger charge is 2.34. The molecule has 0 amide bonds. The molecule has 0 saturated carbocycles. The number of hydrogen-bond acceptors (Lipinski definition) is 4. The van der Waals surface area contributed by atoms with Gasteiger partial charge in [-0.3, -0.25) is 0 Å². The Kier molecular flexibility index (Phi) is 2.40. The molecular weight excluding hydrogens is 214 g/mol. The molecule has 0 radical (unpaired) electrons. The lowest BCUT2D eigenvalue weighted by molar-refractivity contribution is 0.195. The lowest BCUT2D eigenvalue weighted by atomic mass is 10.1. The highest BCUT2D eigenvalue weighted by atomic mass is 16.3. The summed E-state index contributed by atoms with van der Waals surface area (Å²) >= 11 is 0. The summed E-state index contributed by atoms with van der Waals surface area (Å²) in [7, 11) is 4.10. The largest absolute Gasteiger partial charge is 0.391 e. The molecule has 0 aliphatic carbocycles. The summed E-state index contributed by atoms with van der Waals surface area (Å²) < 4.78 is 0. The van der Waals surface area contributed by atoms with Gasteiger partial charge in [-0.05, 0) is 24.6 Å². The van der Waals surface area contributed by atoms with Crippen molar-refractivity contribution < 1.29 is 5.11 Å². The van der Waals surface area contributed by atoms with Crippen LogP contribution in [-0.2, 0) is 0 Å². The van der Waals surface area contributed by atoms with E-state index in [0.29, 0.717) is 6.04 Å². The smallest absolute Gasteiger partial charge is 0.0735 e. The zero-order valence-corrected chi connectivity index (χ0v) is 10.3. The molecule has 1 aromatic carbocycles. The van der Waals surface area contributed by atoms with E-state index in [9.17, 15) is 5.11 Å². The van der Waals surface area contributed by atoms with Gasteiger partial charge in [0.2, 0.25) is 0 Å². The maximum Gasteiger partial charge on any atom is 0.0735 e. The summed E-state index contributed by atoms with van der Waals surface area (Å²) in [6.07, 6.45) is 0.697. The summed E-state index contributed by atoms with van der Waals surface area (Å²) in [6, 6.07) is 6.91. The second kappa shape index (κ2) is 3.81. The monoisotopic (exact) mass is 233 g/mol. The minimum atomic E-state index is -0.179. The van der Waals surface area contributed by atoms with Crippen LogP contribution in [0.15, 0.2) is 18.2 Å². The first-order chi connectivity index (χ1) is 8.15. The third-order valence-electron chi connectivity index (χ3n) is 3.73. The van der Waals surface area contributed by atoms with Gasteiger partial charge in [0.25, 0.3) is 0 Å². The molecule has 2 atom stereocenters. The molecular formula is C13H19N3O. The number of benzene rings is 1. The Hall–Kier alpha value is -1.42. The lowest BCUT2D eigenvalue weighted by Gasteiger charge is -2.34. The van der Waals surface area contributed by atoms with Crippen molar-refractivity contribution in [1.82, 2.24) is 0 Å². The molecule has 2 aliphatic heterocycles. The number of rotatable bonds is 1. The highest BCUT2D eigenvalue weighted by molar-refractivity contribution is 5.77. The predicted molar refractivity (Wildman–Crippen MR) is 71.0 cm³/mol. The van der Waals surface area contributed by atoms with E-state index in [1.807, 2.05) is 14.1 Å². The summed E-state index contributed by atoms with van der Waals surface area (Å²) in [6.45, 7) is 1.70. The molecule has 1 aromatic rings. The van der Waals surface area contributed by atoms with Gasteiger partial charge in [0.1, 0.15) is 0 Å². The minimum Gasteiger partial charge on any atom is -0.391 e. The van der Waals surface area contributed by atoms with E-state index < -0.39 is 0 Å². The molecule has 4 heteroatoms. The van der Waals surface area contributed by atoms with E-state index in [4.69, 9.17) is 0 Å². The van der Waals surface area contributed by atoms with Crippen molar-refractivity contribution in [2.75, 3.05) is 42.3 Å². The van der Waals surface area contributed by atoms with Gasteiger partial charge < -0.3 is 20.2 Å². The maximum absolute atomic E-state index is 9.75. The summed E-state index contributed by atoms with van der Waals surface area (Å²) in [5, 5.41) is 13.2. The number of nitrogens with one attached hydrogen (secondary N) is 1. The van der Waals surface area contributed by atoms with Gasteiger partial charge >= 0.3 is 0 Å². The van der Waals surface area contributed by atoms with E-state index in [1.54, 1.807) is 0 Å². The van der Waals surface area contributed by atoms with E-state index in [0.717, 1.165) is 19.5 Å². The fourth-order valence-corrected chi connectivity index (χ4v) is 2.80. The van der Waals surface area contributed by atoms with Crippen LogP contribution in [0.5, 0.6) is 0 Å². The molecule has 2 heterocycles. The molecule has 92 valence electrons. The van der Waals surface area contributed by atoms with Crippen LogP contribution in [0, 0.1) is 0 Å². The van der Waals surface area contributed by atoms with Crippen molar-refractivity contribution in [3.63, 3.8) is 0 Å². The number of aliphatic hydroxyl groups is 1. The molecule has 3 rings (SSSR count). The average molecular weight is 233 g/mol. The number of hydrogen-bond donors (Lipinski definition) is 2. The van der Waals surface area contributed by atoms with Crippen molar-refractivity contribution in [3.05, 3.63) is 18.2 Å². The minimum absolute atomic E-state index is 0.179. The fourth-order valence-electron chi connectivity index (χ4n) is 2.80. The van der Waals surface area contributed by atoms with Crippen LogP contribution in [0.2, 0.25) is 0 Å². The maximum atomic E-state index is 9.75. The molecule has 2 unspecified atom stereocenters. The van der Waals surface area contributed by atoms with Crippen molar-refractivity contribution in [1.29, 1.82) is 0 Å². The number of fused-ring (bicyclic) bond motifs is 3. The zero-order valence-electron chi connectivity index (χ0n) is 10.3. The van der Waals surface area contributed by atoms with Crippen LogP contribution >= 0.6 is 0 Å². The lowest BCUT2D eigenvalue weighted by Crippen LogP contribution is -2.39. The van der Waals surface area contributed by atoms with Gasteiger partial charge in [0, 0.05) is 38.9 Å². The second-order valence-electron chi connectivity index (χ2n) is 5.17. The van der Waals surface area contributed by atoms with Crippen LogP contribution in [0.4, 0.5) is 17.1 Å². The van der Waals surface area contributed by atoms with Crippen molar-refractivity contribution >= 4 is 17.1 Å². The molecule has 1 saturated heterocycles. The van der Waals surface area contributed by atoms with Crippen molar-refractivity contribution in [2.45, 2.75) is 18.6 Å². The van der Waals surface area contributed by atoms with Gasteiger partial charge in [-0.25, -0.2) is 0 Å². The first kappa shape index (κ1) is 10.7. The van der Waals surface area contributed by atoms with Gasteiger partial charge in [-0.15, -0.1) is 0 Å². The Morgan fingerprint density at radius 1 is 1.41 bits per heavy atom. The topological polar surface area (TPSA) is 38.7 Å². The van der Waals surface area contributed by atoms with E-state index >= 15 is 0 Å². The Morgan fingerprint density at radius 2 is 2.24 bits per heavy atom. The summed E-state index contributed by atoms with van der Waals surface area (Å²) in [5.74, 6) is 0. The SMILES string of the molecule is CN(C)c1ccc2c(c1)NCC1CC(O)CN21. The zero-order chi connectivity index (χ0) is 12.0. The molecule has 4 nitrogen and oxygen atoms in total. The molecule has 0 bridgehead atoms. The van der Waals surface area contributed by atoms with Gasteiger partial charge in [0.15, 0.2) is 0 Å². The number of aliphatic hydroxyl groups excluding tert-OH is 1. The number of anilines is 3. The van der Waals surface area contributed by atoms with Crippen molar-refractivity contribution in [2.24, 2.45) is 0 Å². The standard InChI is InChI=1S/C13H19N3O/c1-15(2)9-3-4-13-12(6-9)14-7-10-5-11(17)8-16(10)13/h3-4,6,10-11,14,17H,5,7-8H2,1-2H3. The highest BCUT2D eigenvalue weighted by Crippen LogP contribution is 2.37. The average Bonchev–Trinajstić information content (AvgIpc) is 2.69. The number of nitrogens with zero attached hydrogens (tertiary/aromatic N) is 2. The van der Waals surface area contributed by atoms with Gasteiger partial charge in [-0.1, -0.05) is 0 Å². The Balaban J connectivity index is 1.96. The molecule has 2 N–H and O–H groups in total. The van der Waals surface area contributed by atoms with E-state index in [-0.39, 0.29) is 6.10 Å². The molecule has 1 fully saturated rings. The van der Waals surface area contributed by atoms with E-state index in [2.05, 4.69) is 33.3 Å². The first-order valence-electron chi connectivity index (χ1n) is 6.15. The predicted octanol–water partition coefficient (Wildman–Crippen LogP) is 1.12. The van der Waals surface area contributed by atoms with Crippen LogP contribution in [0.3, 0.4) is 0 Å². The fraction of sp³-hybridized carbons (Fsp3) is 0.538. The molecule has 0 spiro atoms. The van der Waals surface area contributed by atoms with Crippen LogP contribution in [0.25, 0.3) is 0 Å². The molecule has 17 heavy (non-hydrogen) atoms.